The van der Waals surface area contributed by atoms with Gasteiger partial charge in [0.15, 0.2) is 5.76 Å². The van der Waals surface area contributed by atoms with E-state index < -0.39 is 0 Å². The van der Waals surface area contributed by atoms with Crippen LogP contribution in [0.2, 0.25) is 0 Å². The molecule has 1 unspecified atom stereocenters. The number of ether oxygens (including phenoxy) is 1. The molecule has 0 radical (unpaired) electrons. The zero-order valence-corrected chi connectivity index (χ0v) is 11.9. The first kappa shape index (κ1) is 13.3. The summed E-state index contributed by atoms with van der Waals surface area (Å²) in [5, 5.41) is 7.40. The summed E-state index contributed by atoms with van der Waals surface area (Å²) < 4.78 is 10.3. The molecule has 0 saturated carbocycles. The smallest absolute Gasteiger partial charge is 0.263 e. The SMILES string of the molecule is Cc1nc(C2CCOC2)sc1C(=O)NCc1ccno1. The fourth-order valence-corrected chi connectivity index (χ4v) is 3.22. The number of hydrogen-bond donors (Lipinski definition) is 1. The van der Waals surface area contributed by atoms with Crippen molar-refractivity contribution >= 4 is 17.2 Å². The largest absolute Gasteiger partial charge is 0.381 e. The van der Waals surface area contributed by atoms with Crippen molar-refractivity contribution in [2.75, 3.05) is 13.2 Å². The summed E-state index contributed by atoms with van der Waals surface area (Å²) in [6.07, 6.45) is 2.53. The number of nitrogens with zero attached hydrogens (tertiary/aromatic N) is 2. The number of carbonyl (C=O) groups excluding carboxylic acids is 1. The summed E-state index contributed by atoms with van der Waals surface area (Å²) in [6.45, 7) is 3.67. The third-order valence-corrected chi connectivity index (χ3v) is 4.53. The van der Waals surface area contributed by atoms with Gasteiger partial charge < -0.3 is 14.6 Å². The van der Waals surface area contributed by atoms with Gasteiger partial charge in [0, 0.05) is 18.6 Å². The number of aromatic nitrogens is 2. The van der Waals surface area contributed by atoms with Crippen LogP contribution in [0.5, 0.6) is 0 Å². The molecular weight excluding hydrogens is 278 g/mol. The lowest BCUT2D eigenvalue weighted by Gasteiger charge is -2.01. The second-order valence-corrected chi connectivity index (χ2v) is 5.72. The lowest BCUT2D eigenvalue weighted by atomic mass is 10.1. The molecule has 1 aliphatic heterocycles. The number of thiazole rings is 1. The molecule has 0 bridgehead atoms. The van der Waals surface area contributed by atoms with Gasteiger partial charge in [0.2, 0.25) is 0 Å². The molecule has 1 saturated heterocycles. The Hall–Kier alpha value is -1.73. The summed E-state index contributed by atoms with van der Waals surface area (Å²) >= 11 is 1.45. The first-order valence-electron chi connectivity index (χ1n) is 6.47. The number of rotatable bonds is 4. The molecule has 106 valence electrons. The van der Waals surface area contributed by atoms with Crippen LogP contribution in [0.25, 0.3) is 0 Å². The molecule has 1 fully saturated rings. The van der Waals surface area contributed by atoms with Crippen LogP contribution in [0.4, 0.5) is 0 Å². The molecule has 7 heteroatoms. The van der Waals surface area contributed by atoms with Crippen molar-refractivity contribution in [3.8, 4) is 0 Å². The summed E-state index contributed by atoms with van der Waals surface area (Å²) in [4.78, 5) is 17.3. The maximum atomic E-state index is 12.2. The molecule has 0 aromatic carbocycles. The van der Waals surface area contributed by atoms with Gasteiger partial charge in [0.1, 0.15) is 4.88 Å². The highest BCUT2D eigenvalue weighted by Gasteiger charge is 2.24. The van der Waals surface area contributed by atoms with Crippen LogP contribution in [0, 0.1) is 6.92 Å². The summed E-state index contributed by atoms with van der Waals surface area (Å²) in [7, 11) is 0. The van der Waals surface area contributed by atoms with E-state index >= 15 is 0 Å². The predicted octanol–water partition coefficient (Wildman–Crippen LogP) is 1.87. The zero-order chi connectivity index (χ0) is 13.9. The van der Waals surface area contributed by atoms with Gasteiger partial charge >= 0.3 is 0 Å². The molecule has 0 aliphatic carbocycles. The molecule has 1 amide bonds. The van der Waals surface area contributed by atoms with E-state index in [0.717, 1.165) is 23.7 Å². The first-order valence-corrected chi connectivity index (χ1v) is 7.28. The van der Waals surface area contributed by atoms with E-state index in [9.17, 15) is 4.79 Å². The van der Waals surface area contributed by atoms with Crippen LogP contribution in [0.1, 0.15) is 38.5 Å². The lowest BCUT2D eigenvalue weighted by molar-refractivity contribution is 0.0950. The Balaban J connectivity index is 1.67. The minimum absolute atomic E-state index is 0.124. The van der Waals surface area contributed by atoms with E-state index in [1.54, 1.807) is 12.3 Å². The van der Waals surface area contributed by atoms with Gasteiger partial charge in [-0.2, -0.15) is 0 Å². The normalized spacial score (nSPS) is 18.4. The molecule has 2 aromatic heterocycles. The number of aryl methyl sites for hydroxylation is 1. The van der Waals surface area contributed by atoms with Crippen LogP contribution in [0.15, 0.2) is 16.8 Å². The van der Waals surface area contributed by atoms with Crippen LogP contribution in [-0.4, -0.2) is 29.3 Å². The van der Waals surface area contributed by atoms with Gasteiger partial charge in [-0.3, -0.25) is 4.79 Å². The Kier molecular flexibility index (Phi) is 3.79. The second-order valence-electron chi connectivity index (χ2n) is 4.69. The van der Waals surface area contributed by atoms with E-state index in [0.29, 0.717) is 29.7 Å². The second kappa shape index (κ2) is 5.72. The molecule has 2 aromatic rings. The Labute approximate surface area is 120 Å². The summed E-state index contributed by atoms with van der Waals surface area (Å²) in [5.41, 5.74) is 0.770. The first-order chi connectivity index (χ1) is 9.74. The molecule has 1 atom stereocenters. The van der Waals surface area contributed by atoms with Crippen LogP contribution in [0.3, 0.4) is 0 Å². The van der Waals surface area contributed by atoms with E-state index in [4.69, 9.17) is 9.26 Å². The Bertz CT molecular complexity index is 588. The standard InChI is InChI=1S/C13H15N3O3S/c1-8-11(12(17)14-6-10-2-4-15-19-10)20-13(16-8)9-3-5-18-7-9/h2,4,9H,3,5-7H2,1H3,(H,14,17). The highest BCUT2D eigenvalue weighted by atomic mass is 32.1. The minimum atomic E-state index is -0.124. The number of carbonyl (C=O) groups is 1. The zero-order valence-electron chi connectivity index (χ0n) is 11.1. The van der Waals surface area contributed by atoms with Gasteiger partial charge in [-0.15, -0.1) is 11.3 Å². The molecule has 6 nitrogen and oxygen atoms in total. The van der Waals surface area contributed by atoms with E-state index in [2.05, 4.69) is 15.5 Å². The average molecular weight is 293 g/mol. The van der Waals surface area contributed by atoms with Crippen LogP contribution >= 0.6 is 11.3 Å². The average Bonchev–Trinajstić information content (AvgIpc) is 3.17. The quantitative estimate of drug-likeness (QED) is 0.931. The minimum Gasteiger partial charge on any atom is -0.381 e. The molecule has 3 heterocycles. The van der Waals surface area contributed by atoms with E-state index in [1.807, 2.05) is 6.92 Å². The number of nitrogens with one attached hydrogen (secondary N) is 1. The summed E-state index contributed by atoms with van der Waals surface area (Å²) in [6, 6.07) is 1.72. The van der Waals surface area contributed by atoms with E-state index in [1.165, 1.54) is 11.3 Å². The van der Waals surface area contributed by atoms with Gasteiger partial charge in [-0.25, -0.2) is 4.98 Å². The highest BCUT2D eigenvalue weighted by molar-refractivity contribution is 7.13. The number of hydrogen-bond acceptors (Lipinski definition) is 6. The fraction of sp³-hybridized carbons (Fsp3) is 0.462. The van der Waals surface area contributed by atoms with Crippen molar-refractivity contribution < 1.29 is 14.1 Å². The third-order valence-electron chi connectivity index (χ3n) is 3.21. The molecule has 1 aliphatic rings. The number of amides is 1. The van der Waals surface area contributed by atoms with Crippen LogP contribution in [-0.2, 0) is 11.3 Å². The third kappa shape index (κ3) is 2.73. The van der Waals surface area contributed by atoms with Gasteiger partial charge in [-0.05, 0) is 13.3 Å². The van der Waals surface area contributed by atoms with Crippen molar-refractivity contribution in [2.45, 2.75) is 25.8 Å². The highest BCUT2D eigenvalue weighted by Crippen LogP contribution is 2.30. The van der Waals surface area contributed by atoms with Crippen molar-refractivity contribution in [1.82, 2.24) is 15.5 Å². The fourth-order valence-electron chi connectivity index (χ4n) is 2.11. The topological polar surface area (TPSA) is 77.2 Å². The predicted molar refractivity (Wildman–Crippen MR) is 72.7 cm³/mol. The van der Waals surface area contributed by atoms with Gasteiger partial charge in [-0.1, -0.05) is 5.16 Å². The van der Waals surface area contributed by atoms with Crippen molar-refractivity contribution in [3.63, 3.8) is 0 Å². The van der Waals surface area contributed by atoms with Crippen molar-refractivity contribution in [2.24, 2.45) is 0 Å². The monoisotopic (exact) mass is 293 g/mol. The lowest BCUT2D eigenvalue weighted by Crippen LogP contribution is -2.22. The van der Waals surface area contributed by atoms with Crippen molar-refractivity contribution in [1.29, 1.82) is 0 Å². The van der Waals surface area contributed by atoms with E-state index in [-0.39, 0.29) is 5.91 Å². The van der Waals surface area contributed by atoms with Crippen LogP contribution < -0.4 is 5.32 Å². The Morgan fingerprint density at radius 2 is 2.50 bits per heavy atom. The molecule has 0 spiro atoms. The summed E-state index contributed by atoms with van der Waals surface area (Å²) in [5.74, 6) is 0.834. The van der Waals surface area contributed by atoms with Crippen molar-refractivity contribution in [3.05, 3.63) is 33.6 Å². The van der Waals surface area contributed by atoms with Gasteiger partial charge in [0.25, 0.3) is 5.91 Å². The Morgan fingerprint density at radius 3 is 3.20 bits per heavy atom. The maximum absolute atomic E-state index is 12.2. The Morgan fingerprint density at radius 1 is 1.60 bits per heavy atom. The molecule has 3 rings (SSSR count). The molecule has 20 heavy (non-hydrogen) atoms. The molecular formula is C13H15N3O3S. The van der Waals surface area contributed by atoms with Gasteiger partial charge in [0.05, 0.1) is 30.1 Å². The molecule has 1 N–H and O–H groups in total. The maximum Gasteiger partial charge on any atom is 0.263 e.